The third kappa shape index (κ3) is 2.95. The first kappa shape index (κ1) is 13.8. The van der Waals surface area contributed by atoms with Gasteiger partial charge in [-0.2, -0.15) is 0 Å². The van der Waals surface area contributed by atoms with E-state index in [-0.39, 0.29) is 5.91 Å². The fourth-order valence-electron chi connectivity index (χ4n) is 2.67. The molecular formula is C15H19N5O. The predicted octanol–water partition coefficient (Wildman–Crippen LogP) is 0.825. The van der Waals surface area contributed by atoms with Crippen LogP contribution < -0.4 is 5.73 Å². The highest BCUT2D eigenvalue weighted by atomic mass is 16.2. The summed E-state index contributed by atoms with van der Waals surface area (Å²) in [5, 5.41) is 7.89. The third-order valence-corrected chi connectivity index (χ3v) is 3.76. The van der Waals surface area contributed by atoms with Crippen molar-refractivity contribution in [3.63, 3.8) is 0 Å². The highest BCUT2D eigenvalue weighted by Crippen LogP contribution is 2.19. The van der Waals surface area contributed by atoms with Crippen LogP contribution in [0.5, 0.6) is 0 Å². The number of carbonyl (C=O) groups is 1. The lowest BCUT2D eigenvalue weighted by Crippen LogP contribution is -2.31. The second kappa shape index (κ2) is 6.05. The molecule has 0 bridgehead atoms. The van der Waals surface area contributed by atoms with E-state index in [2.05, 4.69) is 28.5 Å². The van der Waals surface area contributed by atoms with E-state index in [0.29, 0.717) is 25.3 Å². The molecule has 0 saturated heterocycles. The van der Waals surface area contributed by atoms with Gasteiger partial charge in [-0.15, -0.1) is 5.10 Å². The summed E-state index contributed by atoms with van der Waals surface area (Å²) in [6.07, 6.45) is 3.66. The zero-order valence-corrected chi connectivity index (χ0v) is 11.9. The Labute approximate surface area is 123 Å². The van der Waals surface area contributed by atoms with Crippen molar-refractivity contribution in [3.8, 4) is 0 Å². The van der Waals surface area contributed by atoms with Gasteiger partial charge >= 0.3 is 0 Å². The number of benzene rings is 1. The Bertz CT molecular complexity index is 636. The van der Waals surface area contributed by atoms with E-state index < -0.39 is 0 Å². The summed E-state index contributed by atoms with van der Waals surface area (Å²) < 4.78 is 1.61. The Morgan fingerprint density at radius 3 is 2.90 bits per heavy atom. The summed E-state index contributed by atoms with van der Waals surface area (Å²) in [5.41, 5.74) is 8.42. The maximum atomic E-state index is 12.6. The van der Waals surface area contributed by atoms with Gasteiger partial charge in [-0.1, -0.05) is 29.5 Å². The van der Waals surface area contributed by atoms with Crippen LogP contribution in [0, 0.1) is 0 Å². The molecule has 0 unspecified atom stereocenters. The van der Waals surface area contributed by atoms with E-state index >= 15 is 0 Å². The van der Waals surface area contributed by atoms with Crippen LogP contribution in [0.3, 0.4) is 0 Å². The topological polar surface area (TPSA) is 77.0 Å². The Balaban J connectivity index is 1.78. The SMILES string of the molecule is NCCn1cc(C(=O)N2CCCc3ccccc3C2)nn1. The first-order valence-corrected chi connectivity index (χ1v) is 7.24. The van der Waals surface area contributed by atoms with E-state index in [1.807, 2.05) is 11.0 Å². The Morgan fingerprint density at radius 2 is 2.10 bits per heavy atom. The molecule has 6 nitrogen and oxygen atoms in total. The molecular weight excluding hydrogens is 266 g/mol. The quantitative estimate of drug-likeness (QED) is 0.906. The predicted molar refractivity (Wildman–Crippen MR) is 78.6 cm³/mol. The normalized spacial score (nSPS) is 14.6. The molecule has 1 aromatic carbocycles. The molecule has 1 aliphatic heterocycles. The number of nitrogens with two attached hydrogens (primary N) is 1. The zero-order chi connectivity index (χ0) is 14.7. The molecule has 2 aromatic rings. The summed E-state index contributed by atoms with van der Waals surface area (Å²) in [7, 11) is 0. The van der Waals surface area contributed by atoms with Gasteiger partial charge in [0.1, 0.15) is 0 Å². The molecule has 0 aliphatic carbocycles. The van der Waals surface area contributed by atoms with E-state index in [9.17, 15) is 4.79 Å². The summed E-state index contributed by atoms with van der Waals surface area (Å²) in [5.74, 6) is -0.0602. The molecule has 2 N–H and O–H groups in total. The first-order chi connectivity index (χ1) is 10.3. The van der Waals surface area contributed by atoms with Gasteiger partial charge in [0.05, 0.1) is 12.7 Å². The van der Waals surface area contributed by atoms with E-state index in [1.165, 1.54) is 11.1 Å². The van der Waals surface area contributed by atoms with Crippen molar-refractivity contribution in [3.05, 3.63) is 47.3 Å². The van der Waals surface area contributed by atoms with Gasteiger partial charge in [-0.3, -0.25) is 9.48 Å². The summed E-state index contributed by atoms with van der Waals surface area (Å²) in [6, 6.07) is 8.30. The fraction of sp³-hybridized carbons (Fsp3) is 0.400. The Morgan fingerprint density at radius 1 is 1.29 bits per heavy atom. The highest BCUT2D eigenvalue weighted by molar-refractivity contribution is 5.91. The number of fused-ring (bicyclic) bond motifs is 1. The number of carbonyl (C=O) groups excluding carboxylic acids is 1. The molecule has 0 saturated carbocycles. The van der Waals surface area contributed by atoms with Crippen LogP contribution >= 0.6 is 0 Å². The van der Waals surface area contributed by atoms with Crippen LogP contribution in [0.1, 0.15) is 28.0 Å². The van der Waals surface area contributed by atoms with E-state index in [4.69, 9.17) is 5.73 Å². The summed E-state index contributed by atoms with van der Waals surface area (Å²) in [6.45, 7) is 2.44. The van der Waals surface area contributed by atoms with Crippen molar-refractivity contribution < 1.29 is 4.79 Å². The van der Waals surface area contributed by atoms with Crippen molar-refractivity contribution in [1.29, 1.82) is 0 Å². The lowest BCUT2D eigenvalue weighted by Gasteiger charge is -2.19. The molecule has 0 spiro atoms. The van der Waals surface area contributed by atoms with Gasteiger partial charge in [0.2, 0.25) is 0 Å². The van der Waals surface area contributed by atoms with E-state index in [0.717, 1.165) is 19.4 Å². The minimum atomic E-state index is -0.0602. The molecule has 2 heterocycles. The first-order valence-electron chi connectivity index (χ1n) is 7.24. The molecule has 0 fully saturated rings. The van der Waals surface area contributed by atoms with Crippen molar-refractivity contribution >= 4 is 5.91 Å². The second-order valence-electron chi connectivity index (χ2n) is 5.25. The molecule has 6 heteroatoms. The summed E-state index contributed by atoms with van der Waals surface area (Å²) in [4.78, 5) is 14.4. The minimum Gasteiger partial charge on any atom is -0.333 e. The molecule has 21 heavy (non-hydrogen) atoms. The lowest BCUT2D eigenvalue weighted by atomic mass is 10.0. The van der Waals surface area contributed by atoms with Crippen molar-refractivity contribution in [1.82, 2.24) is 19.9 Å². The molecule has 3 rings (SSSR count). The van der Waals surface area contributed by atoms with Crippen LogP contribution in [-0.2, 0) is 19.5 Å². The van der Waals surface area contributed by atoms with Crippen LogP contribution in [-0.4, -0.2) is 38.9 Å². The Hall–Kier alpha value is -2.21. The number of aryl methyl sites for hydroxylation is 1. The molecule has 1 amide bonds. The number of rotatable bonds is 3. The molecule has 0 atom stereocenters. The van der Waals surface area contributed by atoms with Crippen LogP contribution in [0.15, 0.2) is 30.5 Å². The van der Waals surface area contributed by atoms with Gasteiger partial charge in [-0.05, 0) is 24.0 Å². The second-order valence-corrected chi connectivity index (χ2v) is 5.25. The molecule has 1 aromatic heterocycles. The molecule has 1 aliphatic rings. The maximum Gasteiger partial charge on any atom is 0.276 e. The Kier molecular flexibility index (Phi) is 3.96. The van der Waals surface area contributed by atoms with Crippen LogP contribution in [0.2, 0.25) is 0 Å². The lowest BCUT2D eigenvalue weighted by molar-refractivity contribution is 0.0740. The highest BCUT2D eigenvalue weighted by Gasteiger charge is 2.22. The average molecular weight is 285 g/mol. The van der Waals surface area contributed by atoms with Crippen molar-refractivity contribution in [2.75, 3.05) is 13.1 Å². The smallest absolute Gasteiger partial charge is 0.276 e. The standard InChI is InChI=1S/C15H19N5O/c16-7-9-20-11-14(17-18-20)15(21)19-8-3-6-12-4-1-2-5-13(12)10-19/h1-2,4-5,11H,3,6-10,16H2. The molecule has 110 valence electrons. The minimum absolute atomic E-state index is 0.0602. The zero-order valence-electron chi connectivity index (χ0n) is 11.9. The monoisotopic (exact) mass is 285 g/mol. The fourth-order valence-corrected chi connectivity index (χ4v) is 2.67. The largest absolute Gasteiger partial charge is 0.333 e. The number of nitrogens with zero attached hydrogens (tertiary/aromatic N) is 4. The number of hydrogen-bond acceptors (Lipinski definition) is 4. The van der Waals surface area contributed by atoms with Gasteiger partial charge in [0.25, 0.3) is 5.91 Å². The summed E-state index contributed by atoms with van der Waals surface area (Å²) >= 11 is 0. The van der Waals surface area contributed by atoms with Crippen molar-refractivity contribution in [2.24, 2.45) is 5.73 Å². The number of amides is 1. The number of hydrogen-bond donors (Lipinski definition) is 1. The van der Waals surface area contributed by atoms with Gasteiger partial charge in [-0.25, -0.2) is 0 Å². The van der Waals surface area contributed by atoms with Crippen LogP contribution in [0.4, 0.5) is 0 Å². The maximum absolute atomic E-state index is 12.6. The van der Waals surface area contributed by atoms with Gasteiger partial charge in [0, 0.05) is 19.6 Å². The van der Waals surface area contributed by atoms with Crippen LogP contribution in [0.25, 0.3) is 0 Å². The van der Waals surface area contributed by atoms with E-state index in [1.54, 1.807) is 10.9 Å². The number of aromatic nitrogens is 3. The third-order valence-electron chi connectivity index (χ3n) is 3.76. The van der Waals surface area contributed by atoms with Gasteiger partial charge in [0.15, 0.2) is 5.69 Å². The molecule has 0 radical (unpaired) electrons. The van der Waals surface area contributed by atoms with Gasteiger partial charge < -0.3 is 10.6 Å². The van der Waals surface area contributed by atoms with Crippen molar-refractivity contribution in [2.45, 2.75) is 25.9 Å². The average Bonchev–Trinajstić information content (AvgIpc) is 2.85.